The molecular weight excluding hydrogens is 262 g/mol. The van der Waals surface area contributed by atoms with E-state index in [2.05, 4.69) is 23.3 Å². The number of nitriles is 1. The minimum absolute atomic E-state index is 0.0524. The molecule has 0 spiro atoms. The van der Waals surface area contributed by atoms with Gasteiger partial charge in [0.05, 0.1) is 11.6 Å². The molecule has 1 aromatic carbocycles. The molecule has 2 aromatic rings. The second kappa shape index (κ2) is 5.61. The van der Waals surface area contributed by atoms with E-state index in [1.54, 1.807) is 12.1 Å². The first kappa shape index (κ1) is 13.7. The highest BCUT2D eigenvalue weighted by molar-refractivity contribution is 5.98. The summed E-state index contributed by atoms with van der Waals surface area (Å²) in [5.41, 5.74) is 1.99. The first-order chi connectivity index (χ1) is 10.2. The first-order valence-electron chi connectivity index (χ1n) is 7.51. The van der Waals surface area contributed by atoms with Gasteiger partial charge in [-0.05, 0) is 37.0 Å². The lowest BCUT2D eigenvalue weighted by Gasteiger charge is -2.29. The number of amides is 1. The van der Waals surface area contributed by atoms with Crippen LogP contribution in [0, 0.1) is 17.2 Å². The zero-order valence-corrected chi connectivity index (χ0v) is 12.1. The molecule has 21 heavy (non-hydrogen) atoms. The molecule has 2 atom stereocenters. The average molecular weight is 281 g/mol. The van der Waals surface area contributed by atoms with Crippen molar-refractivity contribution in [1.29, 1.82) is 5.26 Å². The smallest absolute Gasteiger partial charge is 0.267 e. The maximum absolute atomic E-state index is 12.4. The van der Waals surface area contributed by atoms with Gasteiger partial charge in [0.2, 0.25) is 0 Å². The van der Waals surface area contributed by atoms with Gasteiger partial charge in [0.1, 0.15) is 5.69 Å². The number of rotatable bonds is 2. The molecule has 0 radical (unpaired) electrons. The number of nitrogens with zero attached hydrogens (tertiary/aromatic N) is 1. The SMILES string of the molecule is CC1CCCCC1NC(=O)c1cc2ccc(C#N)cc2[nH]1. The highest BCUT2D eigenvalue weighted by atomic mass is 16.1. The van der Waals surface area contributed by atoms with Crippen molar-refractivity contribution in [2.45, 2.75) is 38.6 Å². The number of benzene rings is 1. The van der Waals surface area contributed by atoms with E-state index in [1.807, 2.05) is 12.1 Å². The van der Waals surface area contributed by atoms with Gasteiger partial charge in [0, 0.05) is 16.9 Å². The van der Waals surface area contributed by atoms with Gasteiger partial charge in [-0.2, -0.15) is 5.26 Å². The summed E-state index contributed by atoms with van der Waals surface area (Å²) >= 11 is 0. The van der Waals surface area contributed by atoms with Crippen molar-refractivity contribution in [2.75, 3.05) is 0 Å². The Morgan fingerprint density at radius 2 is 2.14 bits per heavy atom. The summed E-state index contributed by atoms with van der Waals surface area (Å²) in [6.07, 6.45) is 4.69. The lowest BCUT2D eigenvalue weighted by atomic mass is 9.86. The van der Waals surface area contributed by atoms with Crippen molar-refractivity contribution in [2.24, 2.45) is 5.92 Å². The van der Waals surface area contributed by atoms with Gasteiger partial charge >= 0.3 is 0 Å². The number of nitrogens with one attached hydrogen (secondary N) is 2. The Balaban J connectivity index is 1.79. The molecule has 1 fully saturated rings. The van der Waals surface area contributed by atoms with E-state index in [0.717, 1.165) is 17.3 Å². The Morgan fingerprint density at radius 1 is 1.33 bits per heavy atom. The highest BCUT2D eigenvalue weighted by Gasteiger charge is 2.23. The Morgan fingerprint density at radius 3 is 2.90 bits per heavy atom. The average Bonchev–Trinajstić information content (AvgIpc) is 2.92. The summed E-state index contributed by atoms with van der Waals surface area (Å²) in [6, 6.07) is 9.63. The molecule has 1 heterocycles. The largest absolute Gasteiger partial charge is 0.350 e. The summed E-state index contributed by atoms with van der Waals surface area (Å²) in [5, 5.41) is 13.0. The van der Waals surface area contributed by atoms with E-state index in [9.17, 15) is 4.79 Å². The molecule has 2 unspecified atom stereocenters. The molecule has 1 aliphatic carbocycles. The van der Waals surface area contributed by atoms with Crippen LogP contribution in [0.25, 0.3) is 10.9 Å². The molecule has 0 bridgehead atoms. The van der Waals surface area contributed by atoms with Gasteiger partial charge < -0.3 is 10.3 Å². The van der Waals surface area contributed by atoms with Crippen LogP contribution in [0.15, 0.2) is 24.3 Å². The van der Waals surface area contributed by atoms with Crippen molar-refractivity contribution in [1.82, 2.24) is 10.3 Å². The van der Waals surface area contributed by atoms with Crippen LogP contribution < -0.4 is 5.32 Å². The maximum atomic E-state index is 12.4. The zero-order chi connectivity index (χ0) is 14.8. The monoisotopic (exact) mass is 281 g/mol. The fourth-order valence-corrected chi connectivity index (χ4v) is 3.10. The lowest BCUT2D eigenvalue weighted by molar-refractivity contribution is 0.0906. The molecular formula is C17H19N3O. The third kappa shape index (κ3) is 2.78. The molecule has 1 amide bonds. The first-order valence-corrected chi connectivity index (χ1v) is 7.51. The van der Waals surface area contributed by atoms with Crippen LogP contribution in [0.3, 0.4) is 0 Å². The molecule has 0 aliphatic heterocycles. The Labute approximate surface area is 124 Å². The van der Waals surface area contributed by atoms with Gasteiger partial charge in [-0.3, -0.25) is 4.79 Å². The second-order valence-corrected chi connectivity index (χ2v) is 5.94. The summed E-state index contributed by atoms with van der Waals surface area (Å²) in [4.78, 5) is 15.5. The van der Waals surface area contributed by atoms with Crippen LogP contribution in [0.1, 0.15) is 48.7 Å². The molecule has 4 nitrogen and oxygen atoms in total. The van der Waals surface area contributed by atoms with Crippen LogP contribution in [-0.4, -0.2) is 16.9 Å². The van der Waals surface area contributed by atoms with Crippen molar-refractivity contribution >= 4 is 16.8 Å². The molecule has 1 aliphatic rings. The van der Waals surface area contributed by atoms with Crippen LogP contribution in [0.4, 0.5) is 0 Å². The number of aromatic amines is 1. The fourth-order valence-electron chi connectivity index (χ4n) is 3.10. The van der Waals surface area contributed by atoms with Gasteiger partial charge in [0.15, 0.2) is 0 Å². The number of carbonyl (C=O) groups excluding carboxylic acids is 1. The molecule has 108 valence electrons. The number of fused-ring (bicyclic) bond motifs is 1. The number of H-pyrrole nitrogens is 1. The lowest BCUT2D eigenvalue weighted by Crippen LogP contribution is -2.41. The molecule has 4 heteroatoms. The second-order valence-electron chi connectivity index (χ2n) is 5.94. The quantitative estimate of drug-likeness (QED) is 0.886. The Hall–Kier alpha value is -2.28. The zero-order valence-electron chi connectivity index (χ0n) is 12.1. The molecule has 3 rings (SSSR count). The number of hydrogen-bond donors (Lipinski definition) is 2. The molecule has 1 aromatic heterocycles. The molecule has 2 N–H and O–H groups in total. The van der Waals surface area contributed by atoms with E-state index in [1.165, 1.54) is 19.3 Å². The minimum Gasteiger partial charge on any atom is -0.350 e. The maximum Gasteiger partial charge on any atom is 0.267 e. The summed E-state index contributed by atoms with van der Waals surface area (Å²) in [7, 11) is 0. The third-order valence-corrected chi connectivity index (χ3v) is 4.42. The van der Waals surface area contributed by atoms with Crippen molar-refractivity contribution in [3.05, 3.63) is 35.5 Å². The minimum atomic E-state index is -0.0524. The third-order valence-electron chi connectivity index (χ3n) is 4.42. The van der Waals surface area contributed by atoms with Crippen LogP contribution >= 0.6 is 0 Å². The van der Waals surface area contributed by atoms with E-state index in [0.29, 0.717) is 17.2 Å². The Bertz CT molecular complexity index is 710. The predicted octanol–water partition coefficient (Wildman–Crippen LogP) is 3.35. The van der Waals surface area contributed by atoms with Crippen LogP contribution in [0.2, 0.25) is 0 Å². The normalized spacial score (nSPS) is 21.9. The van der Waals surface area contributed by atoms with Gasteiger partial charge in [-0.25, -0.2) is 0 Å². The fraction of sp³-hybridized carbons (Fsp3) is 0.412. The summed E-state index contributed by atoms with van der Waals surface area (Å²) < 4.78 is 0. The highest BCUT2D eigenvalue weighted by Crippen LogP contribution is 2.24. The van der Waals surface area contributed by atoms with Crippen molar-refractivity contribution in [3.8, 4) is 6.07 Å². The predicted molar refractivity (Wildman–Crippen MR) is 81.9 cm³/mol. The van der Waals surface area contributed by atoms with E-state index >= 15 is 0 Å². The number of aromatic nitrogens is 1. The number of carbonyl (C=O) groups is 1. The summed E-state index contributed by atoms with van der Waals surface area (Å²) in [6.45, 7) is 2.20. The van der Waals surface area contributed by atoms with Gasteiger partial charge in [0.25, 0.3) is 5.91 Å². The summed E-state index contributed by atoms with van der Waals surface area (Å²) in [5.74, 6) is 0.487. The van der Waals surface area contributed by atoms with E-state index < -0.39 is 0 Å². The molecule has 1 saturated carbocycles. The van der Waals surface area contributed by atoms with Crippen LogP contribution in [-0.2, 0) is 0 Å². The van der Waals surface area contributed by atoms with E-state index in [4.69, 9.17) is 5.26 Å². The molecule has 0 saturated heterocycles. The van der Waals surface area contributed by atoms with Crippen molar-refractivity contribution < 1.29 is 4.79 Å². The standard InChI is InChI=1S/C17H19N3O/c1-11-4-2-3-5-14(11)20-17(21)16-9-13-7-6-12(10-18)8-15(13)19-16/h6-9,11,14,19H,2-5H2,1H3,(H,20,21). The van der Waals surface area contributed by atoms with Crippen LogP contribution in [0.5, 0.6) is 0 Å². The van der Waals surface area contributed by atoms with E-state index in [-0.39, 0.29) is 11.9 Å². The van der Waals surface area contributed by atoms with Gasteiger partial charge in [-0.15, -0.1) is 0 Å². The van der Waals surface area contributed by atoms with Gasteiger partial charge in [-0.1, -0.05) is 25.8 Å². The Kier molecular flexibility index (Phi) is 3.66. The topological polar surface area (TPSA) is 68.7 Å². The number of hydrogen-bond acceptors (Lipinski definition) is 2. The van der Waals surface area contributed by atoms with Crippen molar-refractivity contribution in [3.63, 3.8) is 0 Å².